The van der Waals surface area contributed by atoms with Crippen LogP contribution in [0.3, 0.4) is 0 Å². The summed E-state index contributed by atoms with van der Waals surface area (Å²) in [5.41, 5.74) is -0.0641. The first-order valence-electron chi connectivity index (χ1n) is 2.93. The van der Waals surface area contributed by atoms with Gasteiger partial charge in [-0.2, -0.15) is 9.37 Å². The molecule has 11 heavy (non-hydrogen) atoms. The third kappa shape index (κ3) is 1.52. The SMILES string of the molecule is COc1ccc(C=O)c(F)n1. The number of nitrogens with zero attached hydrogens (tertiary/aromatic N) is 1. The van der Waals surface area contributed by atoms with E-state index in [0.717, 1.165) is 0 Å². The molecule has 1 heterocycles. The van der Waals surface area contributed by atoms with Gasteiger partial charge in [0.2, 0.25) is 11.8 Å². The molecule has 0 saturated carbocycles. The molecule has 1 aromatic rings. The zero-order chi connectivity index (χ0) is 8.27. The van der Waals surface area contributed by atoms with Gasteiger partial charge in [0.05, 0.1) is 12.7 Å². The van der Waals surface area contributed by atoms with Crippen LogP contribution in [0.25, 0.3) is 0 Å². The molecule has 0 fully saturated rings. The number of aromatic nitrogens is 1. The van der Waals surface area contributed by atoms with Crippen LogP contribution in [0.5, 0.6) is 5.88 Å². The summed E-state index contributed by atoms with van der Waals surface area (Å²) in [4.78, 5) is 13.4. The summed E-state index contributed by atoms with van der Waals surface area (Å²) in [7, 11) is 1.38. The Bertz CT molecular complexity index is 275. The van der Waals surface area contributed by atoms with Gasteiger partial charge in [-0.1, -0.05) is 0 Å². The lowest BCUT2D eigenvalue weighted by Crippen LogP contribution is -1.94. The van der Waals surface area contributed by atoms with Crippen LogP contribution in [0.4, 0.5) is 4.39 Å². The number of hydrogen-bond donors (Lipinski definition) is 0. The number of ether oxygens (including phenoxy) is 1. The predicted molar refractivity (Wildman–Crippen MR) is 36.1 cm³/mol. The summed E-state index contributed by atoms with van der Waals surface area (Å²) >= 11 is 0. The molecule has 58 valence electrons. The van der Waals surface area contributed by atoms with Gasteiger partial charge >= 0.3 is 0 Å². The fourth-order valence-corrected chi connectivity index (χ4v) is 0.630. The lowest BCUT2D eigenvalue weighted by molar-refractivity contribution is 0.111. The number of rotatable bonds is 2. The molecule has 0 bridgehead atoms. The number of carbonyl (C=O) groups is 1. The molecule has 3 nitrogen and oxygen atoms in total. The van der Waals surface area contributed by atoms with Crippen LogP contribution in [0.15, 0.2) is 12.1 Å². The molecular weight excluding hydrogens is 149 g/mol. The first-order valence-corrected chi connectivity index (χ1v) is 2.93. The summed E-state index contributed by atoms with van der Waals surface area (Å²) in [6, 6.07) is 2.74. The second-order valence-electron chi connectivity index (χ2n) is 1.85. The highest BCUT2D eigenvalue weighted by Gasteiger charge is 2.02. The van der Waals surface area contributed by atoms with E-state index < -0.39 is 5.95 Å². The smallest absolute Gasteiger partial charge is 0.226 e. The van der Waals surface area contributed by atoms with E-state index in [-0.39, 0.29) is 11.4 Å². The second kappa shape index (κ2) is 3.09. The van der Waals surface area contributed by atoms with Crippen molar-refractivity contribution in [2.45, 2.75) is 0 Å². The van der Waals surface area contributed by atoms with Crippen molar-refractivity contribution in [3.05, 3.63) is 23.6 Å². The van der Waals surface area contributed by atoms with Crippen molar-refractivity contribution in [3.63, 3.8) is 0 Å². The minimum atomic E-state index is -0.806. The van der Waals surface area contributed by atoms with Gasteiger partial charge in [0.25, 0.3) is 0 Å². The molecule has 0 unspecified atom stereocenters. The van der Waals surface area contributed by atoms with Gasteiger partial charge in [0, 0.05) is 6.07 Å². The Balaban J connectivity index is 3.09. The number of aldehydes is 1. The molecule has 0 spiro atoms. The molecule has 0 aliphatic heterocycles. The van der Waals surface area contributed by atoms with E-state index in [1.165, 1.54) is 19.2 Å². The minimum Gasteiger partial charge on any atom is -0.481 e. The molecule has 0 atom stereocenters. The average molecular weight is 155 g/mol. The molecule has 0 aliphatic carbocycles. The average Bonchev–Trinajstić information content (AvgIpc) is 2.04. The van der Waals surface area contributed by atoms with E-state index in [2.05, 4.69) is 9.72 Å². The zero-order valence-electron chi connectivity index (χ0n) is 5.87. The monoisotopic (exact) mass is 155 g/mol. The zero-order valence-corrected chi connectivity index (χ0v) is 5.87. The van der Waals surface area contributed by atoms with Crippen molar-refractivity contribution in [2.75, 3.05) is 7.11 Å². The molecule has 0 N–H and O–H groups in total. The Kier molecular flexibility index (Phi) is 2.15. The van der Waals surface area contributed by atoms with Gasteiger partial charge in [-0.25, -0.2) is 0 Å². The van der Waals surface area contributed by atoms with E-state index in [4.69, 9.17) is 0 Å². The fourth-order valence-electron chi connectivity index (χ4n) is 0.630. The van der Waals surface area contributed by atoms with Crippen LogP contribution in [0.1, 0.15) is 10.4 Å². The van der Waals surface area contributed by atoms with Crippen LogP contribution in [-0.4, -0.2) is 18.4 Å². The van der Waals surface area contributed by atoms with Crippen molar-refractivity contribution in [2.24, 2.45) is 0 Å². The molecule has 4 heteroatoms. The van der Waals surface area contributed by atoms with E-state index in [1.54, 1.807) is 0 Å². The van der Waals surface area contributed by atoms with Crippen LogP contribution in [-0.2, 0) is 0 Å². The van der Waals surface area contributed by atoms with Gasteiger partial charge < -0.3 is 4.74 Å². The summed E-state index contributed by atoms with van der Waals surface area (Å²) in [6.45, 7) is 0. The minimum absolute atomic E-state index is 0.0641. The number of hydrogen-bond acceptors (Lipinski definition) is 3. The lowest BCUT2D eigenvalue weighted by Gasteiger charge is -1.97. The van der Waals surface area contributed by atoms with Crippen LogP contribution in [0.2, 0.25) is 0 Å². The van der Waals surface area contributed by atoms with Crippen molar-refractivity contribution in [1.29, 1.82) is 0 Å². The molecule has 0 aromatic carbocycles. The van der Waals surface area contributed by atoms with Crippen molar-refractivity contribution in [1.82, 2.24) is 4.98 Å². The Morgan fingerprint density at radius 1 is 1.64 bits per heavy atom. The Morgan fingerprint density at radius 3 is 2.82 bits per heavy atom. The van der Waals surface area contributed by atoms with Gasteiger partial charge in [0.1, 0.15) is 0 Å². The highest BCUT2D eigenvalue weighted by molar-refractivity contribution is 5.74. The third-order valence-electron chi connectivity index (χ3n) is 1.19. The number of carbonyl (C=O) groups excluding carboxylic acids is 1. The third-order valence-corrected chi connectivity index (χ3v) is 1.19. The van der Waals surface area contributed by atoms with Crippen molar-refractivity contribution < 1.29 is 13.9 Å². The molecule has 0 aliphatic rings. The number of pyridine rings is 1. The summed E-state index contributed by atoms with van der Waals surface area (Å²) < 4.78 is 17.2. The Hall–Kier alpha value is -1.45. The normalized spacial score (nSPS) is 9.27. The van der Waals surface area contributed by atoms with Gasteiger partial charge in [0.15, 0.2) is 6.29 Å². The maximum atomic E-state index is 12.6. The summed E-state index contributed by atoms with van der Waals surface area (Å²) in [5, 5.41) is 0. The highest BCUT2D eigenvalue weighted by Crippen LogP contribution is 2.08. The van der Waals surface area contributed by atoms with Crippen molar-refractivity contribution in [3.8, 4) is 5.88 Å². The first-order chi connectivity index (χ1) is 5.27. The maximum Gasteiger partial charge on any atom is 0.226 e. The maximum absolute atomic E-state index is 12.6. The standard InChI is InChI=1S/C7H6FNO2/c1-11-6-3-2-5(4-10)7(8)9-6/h2-4H,1H3. The summed E-state index contributed by atoms with van der Waals surface area (Å²) in [5.74, 6) is -0.646. The van der Waals surface area contributed by atoms with Gasteiger partial charge in [-0.05, 0) is 6.07 Å². The molecule has 0 amide bonds. The topological polar surface area (TPSA) is 39.2 Å². The number of halogens is 1. The Labute approximate surface area is 62.8 Å². The molecule has 1 aromatic heterocycles. The molecule has 0 saturated heterocycles. The van der Waals surface area contributed by atoms with Crippen LogP contribution in [0, 0.1) is 5.95 Å². The van der Waals surface area contributed by atoms with E-state index in [1.807, 2.05) is 0 Å². The molecular formula is C7H6FNO2. The van der Waals surface area contributed by atoms with Crippen LogP contribution >= 0.6 is 0 Å². The number of methoxy groups -OCH3 is 1. The highest BCUT2D eigenvalue weighted by atomic mass is 19.1. The fraction of sp³-hybridized carbons (Fsp3) is 0.143. The quantitative estimate of drug-likeness (QED) is 0.473. The summed E-state index contributed by atoms with van der Waals surface area (Å²) in [6.07, 6.45) is 0.405. The molecule has 1 rings (SSSR count). The van der Waals surface area contributed by atoms with Crippen LogP contribution < -0.4 is 4.74 Å². The largest absolute Gasteiger partial charge is 0.481 e. The van der Waals surface area contributed by atoms with E-state index in [9.17, 15) is 9.18 Å². The van der Waals surface area contributed by atoms with E-state index in [0.29, 0.717) is 6.29 Å². The van der Waals surface area contributed by atoms with Gasteiger partial charge in [-0.3, -0.25) is 4.79 Å². The van der Waals surface area contributed by atoms with Gasteiger partial charge in [-0.15, -0.1) is 0 Å². The lowest BCUT2D eigenvalue weighted by atomic mass is 10.3. The first kappa shape index (κ1) is 7.65. The van der Waals surface area contributed by atoms with E-state index >= 15 is 0 Å². The second-order valence-corrected chi connectivity index (χ2v) is 1.85. The molecule has 0 radical (unpaired) electrons. The Morgan fingerprint density at radius 2 is 2.36 bits per heavy atom. The predicted octanol–water partition coefficient (Wildman–Crippen LogP) is 1.04. The van der Waals surface area contributed by atoms with Crippen molar-refractivity contribution >= 4 is 6.29 Å².